The molecule has 2 saturated heterocycles. The zero-order valence-electron chi connectivity index (χ0n) is 20.4. The van der Waals surface area contributed by atoms with Crippen molar-refractivity contribution in [2.75, 3.05) is 39.4 Å². The van der Waals surface area contributed by atoms with Gasteiger partial charge in [-0.25, -0.2) is 0 Å². The highest BCUT2D eigenvalue weighted by Crippen LogP contribution is 2.34. The highest BCUT2D eigenvalue weighted by Gasteiger charge is 2.41. The van der Waals surface area contributed by atoms with Crippen LogP contribution in [0.1, 0.15) is 30.9 Å². The molecule has 2 amide bonds. The minimum absolute atomic E-state index is 0.141. The van der Waals surface area contributed by atoms with Crippen molar-refractivity contribution in [3.05, 3.63) is 72.0 Å². The van der Waals surface area contributed by atoms with Crippen LogP contribution in [-0.4, -0.2) is 61.0 Å². The van der Waals surface area contributed by atoms with Crippen molar-refractivity contribution in [2.24, 2.45) is 11.3 Å². The van der Waals surface area contributed by atoms with Gasteiger partial charge < -0.3 is 19.0 Å². The fraction of sp³-hybridized carbons (Fsp3) is 0.448. The molecule has 0 N–H and O–H groups in total. The molecule has 0 aliphatic carbocycles. The molecule has 0 radical (unpaired) electrons. The Balaban J connectivity index is 1.18. The molecule has 0 unspecified atom stereocenters. The van der Waals surface area contributed by atoms with Crippen LogP contribution in [0, 0.1) is 11.3 Å². The number of rotatable bonds is 5. The van der Waals surface area contributed by atoms with E-state index in [0.29, 0.717) is 58.7 Å². The van der Waals surface area contributed by atoms with E-state index in [0.717, 1.165) is 23.0 Å². The van der Waals surface area contributed by atoms with Crippen LogP contribution in [0.3, 0.4) is 0 Å². The molecule has 2 aliphatic rings. The number of ether oxygens (including phenoxy) is 1. The van der Waals surface area contributed by atoms with Gasteiger partial charge in [0, 0.05) is 42.9 Å². The number of hydrogen-bond donors (Lipinski definition) is 0. The van der Waals surface area contributed by atoms with Gasteiger partial charge in [-0.3, -0.25) is 9.59 Å². The van der Waals surface area contributed by atoms with E-state index >= 15 is 0 Å². The third kappa shape index (κ3) is 5.43. The Morgan fingerprint density at radius 2 is 1.77 bits per heavy atom. The summed E-state index contributed by atoms with van der Waals surface area (Å²) in [5.41, 5.74) is 2.69. The van der Waals surface area contributed by atoms with Gasteiger partial charge >= 0.3 is 0 Å². The lowest BCUT2D eigenvalue weighted by Gasteiger charge is -2.41. The molecule has 6 nitrogen and oxygen atoms in total. The number of benzene rings is 2. The average Bonchev–Trinajstić information content (AvgIpc) is 3.22. The zero-order valence-corrected chi connectivity index (χ0v) is 20.4. The van der Waals surface area contributed by atoms with E-state index in [1.807, 2.05) is 46.2 Å². The molecule has 3 heterocycles. The SMILES string of the molecule is CC1(C(=O)N2CCOC[C@@H](Cc3ccc4ccoc4c3)C2)CCN(C(=O)Cc2ccccc2)CC1. The molecule has 1 atom stereocenters. The average molecular weight is 475 g/mol. The molecule has 0 spiro atoms. The largest absolute Gasteiger partial charge is 0.464 e. The monoisotopic (exact) mass is 474 g/mol. The second-order valence-corrected chi connectivity index (χ2v) is 10.3. The first-order valence-corrected chi connectivity index (χ1v) is 12.7. The van der Waals surface area contributed by atoms with Gasteiger partial charge in [0.15, 0.2) is 0 Å². The van der Waals surface area contributed by atoms with Crippen molar-refractivity contribution in [1.82, 2.24) is 9.80 Å². The Morgan fingerprint density at radius 1 is 0.971 bits per heavy atom. The molecule has 35 heavy (non-hydrogen) atoms. The van der Waals surface area contributed by atoms with Gasteiger partial charge in [0.2, 0.25) is 11.8 Å². The van der Waals surface area contributed by atoms with Crippen LogP contribution in [0.4, 0.5) is 0 Å². The van der Waals surface area contributed by atoms with Gasteiger partial charge in [-0.2, -0.15) is 0 Å². The summed E-state index contributed by atoms with van der Waals surface area (Å²) in [5.74, 6) is 0.581. The number of piperidine rings is 1. The van der Waals surface area contributed by atoms with Crippen LogP contribution >= 0.6 is 0 Å². The molecule has 0 bridgehead atoms. The molecule has 1 aromatic heterocycles. The molecule has 0 saturated carbocycles. The van der Waals surface area contributed by atoms with Gasteiger partial charge in [0.1, 0.15) is 5.58 Å². The smallest absolute Gasteiger partial charge is 0.228 e. The number of amides is 2. The van der Waals surface area contributed by atoms with E-state index in [9.17, 15) is 9.59 Å². The highest BCUT2D eigenvalue weighted by molar-refractivity contribution is 5.84. The number of fused-ring (bicyclic) bond motifs is 1. The van der Waals surface area contributed by atoms with E-state index in [2.05, 4.69) is 25.1 Å². The maximum Gasteiger partial charge on any atom is 0.228 e. The summed E-state index contributed by atoms with van der Waals surface area (Å²) in [6.45, 7) is 5.87. The molecule has 5 rings (SSSR count). The molecular formula is C29H34N2O4. The topological polar surface area (TPSA) is 63.0 Å². The summed E-state index contributed by atoms with van der Waals surface area (Å²) in [6.07, 6.45) is 4.37. The first kappa shape index (κ1) is 23.6. The Labute approximate surface area is 206 Å². The van der Waals surface area contributed by atoms with E-state index in [-0.39, 0.29) is 17.7 Å². The van der Waals surface area contributed by atoms with Gasteiger partial charge in [-0.05, 0) is 42.5 Å². The van der Waals surface area contributed by atoms with E-state index in [1.54, 1.807) is 6.26 Å². The predicted octanol–water partition coefficient (Wildman–Crippen LogP) is 4.32. The summed E-state index contributed by atoms with van der Waals surface area (Å²) >= 11 is 0. The highest BCUT2D eigenvalue weighted by atomic mass is 16.5. The summed E-state index contributed by atoms with van der Waals surface area (Å²) in [5, 5.41) is 1.10. The zero-order chi connectivity index (χ0) is 24.3. The van der Waals surface area contributed by atoms with Gasteiger partial charge in [-0.15, -0.1) is 0 Å². The Hall–Kier alpha value is -3.12. The van der Waals surface area contributed by atoms with Crippen LogP contribution in [-0.2, 0) is 27.2 Å². The maximum absolute atomic E-state index is 13.7. The molecule has 2 aliphatic heterocycles. The number of carbonyl (C=O) groups excluding carboxylic acids is 2. The molecule has 184 valence electrons. The number of furan rings is 1. The second kappa shape index (κ2) is 10.2. The number of carbonyl (C=O) groups is 2. The van der Waals surface area contributed by atoms with E-state index < -0.39 is 5.41 Å². The summed E-state index contributed by atoms with van der Waals surface area (Å²) < 4.78 is 11.4. The van der Waals surface area contributed by atoms with Crippen LogP contribution in [0.5, 0.6) is 0 Å². The van der Waals surface area contributed by atoms with Crippen LogP contribution < -0.4 is 0 Å². The lowest BCUT2D eigenvalue weighted by atomic mass is 9.78. The van der Waals surface area contributed by atoms with Crippen molar-refractivity contribution < 1.29 is 18.7 Å². The Bertz CT molecular complexity index is 1160. The fourth-order valence-corrected chi connectivity index (χ4v) is 5.38. The number of nitrogens with zero attached hydrogens (tertiary/aromatic N) is 2. The van der Waals surface area contributed by atoms with Crippen LogP contribution in [0.25, 0.3) is 11.0 Å². The second-order valence-electron chi connectivity index (χ2n) is 10.3. The Morgan fingerprint density at radius 3 is 2.57 bits per heavy atom. The number of hydrogen-bond acceptors (Lipinski definition) is 4. The fourth-order valence-electron chi connectivity index (χ4n) is 5.38. The first-order chi connectivity index (χ1) is 17.0. The number of likely N-dealkylation sites (tertiary alicyclic amines) is 1. The van der Waals surface area contributed by atoms with Crippen molar-refractivity contribution >= 4 is 22.8 Å². The van der Waals surface area contributed by atoms with Gasteiger partial charge in [-0.1, -0.05) is 49.4 Å². The molecular weight excluding hydrogens is 440 g/mol. The van der Waals surface area contributed by atoms with Crippen molar-refractivity contribution in [3.63, 3.8) is 0 Å². The summed E-state index contributed by atoms with van der Waals surface area (Å²) in [6, 6.07) is 18.1. The lowest BCUT2D eigenvalue weighted by Crippen LogP contribution is -2.51. The van der Waals surface area contributed by atoms with Crippen molar-refractivity contribution in [2.45, 2.75) is 32.6 Å². The van der Waals surface area contributed by atoms with Crippen molar-refractivity contribution in [3.8, 4) is 0 Å². The quantitative estimate of drug-likeness (QED) is 0.553. The van der Waals surface area contributed by atoms with Crippen molar-refractivity contribution in [1.29, 1.82) is 0 Å². The summed E-state index contributed by atoms with van der Waals surface area (Å²) in [4.78, 5) is 30.4. The Kier molecular flexibility index (Phi) is 6.91. The van der Waals surface area contributed by atoms with Gasteiger partial charge in [0.25, 0.3) is 0 Å². The van der Waals surface area contributed by atoms with Gasteiger partial charge in [0.05, 0.1) is 25.9 Å². The minimum Gasteiger partial charge on any atom is -0.464 e. The van der Waals surface area contributed by atoms with Crippen LogP contribution in [0.15, 0.2) is 65.3 Å². The lowest BCUT2D eigenvalue weighted by molar-refractivity contribution is -0.147. The predicted molar refractivity (Wildman–Crippen MR) is 135 cm³/mol. The molecule has 3 aromatic rings. The van der Waals surface area contributed by atoms with Crippen LogP contribution in [0.2, 0.25) is 0 Å². The molecule has 2 aromatic carbocycles. The normalized spacial score (nSPS) is 20.5. The van der Waals surface area contributed by atoms with E-state index in [4.69, 9.17) is 9.15 Å². The molecule has 6 heteroatoms. The third-order valence-corrected chi connectivity index (χ3v) is 7.60. The summed E-state index contributed by atoms with van der Waals surface area (Å²) in [7, 11) is 0. The molecule has 2 fully saturated rings. The third-order valence-electron chi connectivity index (χ3n) is 7.60. The standard InChI is InChI=1S/C29H34N2O4/c1-29(10-12-30(13-11-29)27(32)19-22-5-3-2-4-6-22)28(33)31-14-16-34-21-24(20-31)17-23-7-8-25-9-15-35-26(25)18-23/h2-9,15,18,24H,10-14,16-17,19-21H2,1H3/t24-/m0/s1. The first-order valence-electron chi connectivity index (χ1n) is 12.7. The van der Waals surface area contributed by atoms with E-state index in [1.165, 1.54) is 5.56 Å². The minimum atomic E-state index is -0.439. The maximum atomic E-state index is 13.7.